The van der Waals surface area contributed by atoms with Crippen molar-refractivity contribution < 1.29 is 14.3 Å². The van der Waals surface area contributed by atoms with Crippen LogP contribution in [0.1, 0.15) is 35.0 Å². The van der Waals surface area contributed by atoms with E-state index in [1.807, 2.05) is 30.5 Å². The number of anilines is 1. The Labute approximate surface area is 196 Å². The summed E-state index contributed by atoms with van der Waals surface area (Å²) in [5.74, 6) is -0.574. The number of aryl methyl sites for hydroxylation is 2. The van der Waals surface area contributed by atoms with Gasteiger partial charge < -0.3 is 15.0 Å². The molecule has 0 aliphatic heterocycles. The van der Waals surface area contributed by atoms with Crippen LogP contribution in [-0.4, -0.2) is 32.2 Å². The summed E-state index contributed by atoms with van der Waals surface area (Å²) in [4.78, 5) is 20.1. The molecule has 0 spiro atoms. The number of halogens is 2. The van der Waals surface area contributed by atoms with E-state index in [0.29, 0.717) is 52.5 Å². The van der Waals surface area contributed by atoms with E-state index < -0.39 is 5.97 Å². The molecule has 0 radical (unpaired) electrons. The zero-order valence-electron chi connectivity index (χ0n) is 18.4. The van der Waals surface area contributed by atoms with Gasteiger partial charge in [-0.1, -0.05) is 31.0 Å². The van der Waals surface area contributed by atoms with Gasteiger partial charge in [0.2, 0.25) is 0 Å². The van der Waals surface area contributed by atoms with Crippen LogP contribution in [0, 0.1) is 12.7 Å². The van der Waals surface area contributed by atoms with Crippen LogP contribution in [0.5, 0.6) is 0 Å². The Bertz CT molecular complexity index is 1340. The lowest BCUT2D eigenvalue weighted by Crippen LogP contribution is -2.12. The summed E-state index contributed by atoms with van der Waals surface area (Å²) in [6.45, 7) is 5.06. The summed E-state index contributed by atoms with van der Waals surface area (Å²) in [6.07, 6.45) is 3.01. The Balaban J connectivity index is 1.53. The maximum absolute atomic E-state index is 14.2. The van der Waals surface area contributed by atoms with Crippen LogP contribution in [0.25, 0.3) is 22.2 Å². The molecular weight excluding hydrogens is 443 g/mol. The molecule has 8 heteroatoms. The fourth-order valence-corrected chi connectivity index (χ4v) is 4.33. The highest BCUT2D eigenvalue weighted by Gasteiger charge is 2.14. The number of aromatic carboxylic acids is 1. The average Bonchev–Trinajstić information content (AvgIpc) is 3.14. The average molecular weight is 467 g/mol. The molecule has 4 rings (SSSR count). The van der Waals surface area contributed by atoms with Crippen LogP contribution in [0.15, 0.2) is 48.8 Å². The van der Waals surface area contributed by atoms with Gasteiger partial charge in [-0.2, -0.15) is 0 Å². The van der Waals surface area contributed by atoms with Crippen molar-refractivity contribution in [2.75, 3.05) is 11.9 Å². The first-order valence-electron chi connectivity index (χ1n) is 10.8. The number of benzene rings is 2. The summed E-state index contributed by atoms with van der Waals surface area (Å²) in [5.41, 5.74) is 4.25. The lowest BCUT2D eigenvalue weighted by Gasteiger charge is -2.12. The first-order chi connectivity index (χ1) is 15.9. The van der Waals surface area contributed by atoms with E-state index in [-0.39, 0.29) is 5.82 Å². The van der Waals surface area contributed by atoms with Crippen molar-refractivity contribution >= 4 is 34.3 Å². The minimum Gasteiger partial charge on any atom is -0.478 e. The largest absolute Gasteiger partial charge is 0.478 e. The minimum absolute atomic E-state index is 0.291. The molecule has 2 N–H and O–H groups in total. The van der Waals surface area contributed by atoms with E-state index in [4.69, 9.17) is 11.6 Å². The highest BCUT2D eigenvalue weighted by molar-refractivity contribution is 6.35. The van der Waals surface area contributed by atoms with E-state index >= 15 is 0 Å². The fourth-order valence-electron chi connectivity index (χ4n) is 4.07. The maximum Gasteiger partial charge on any atom is 0.335 e. The number of fused-ring (bicyclic) bond motifs is 1. The summed E-state index contributed by atoms with van der Waals surface area (Å²) in [5, 5.41) is 13.7. The van der Waals surface area contributed by atoms with E-state index in [1.165, 1.54) is 12.4 Å². The second-order valence-corrected chi connectivity index (χ2v) is 8.28. The molecule has 2 aromatic heterocycles. The molecule has 170 valence electrons. The normalized spacial score (nSPS) is 11.2. The number of carboxylic acid groups (broad SMARTS) is 1. The standard InChI is InChI=1S/C25H24ClFN4O2/c1-3-4-16-12-17(5-6-18(16)25(32)33)22-13-23(30-14-29-22)28-9-10-31-15(2)11-19-21(27)8-7-20(26)24(19)31/h5-8,11-14H,3-4,9-10H2,1-2H3,(H,32,33)(H,28,29,30). The number of carboxylic acids is 1. The third kappa shape index (κ3) is 4.68. The third-order valence-electron chi connectivity index (χ3n) is 5.62. The first-order valence-corrected chi connectivity index (χ1v) is 11.1. The molecule has 0 aliphatic carbocycles. The molecule has 0 amide bonds. The predicted molar refractivity (Wildman–Crippen MR) is 129 cm³/mol. The maximum atomic E-state index is 14.2. The monoisotopic (exact) mass is 466 g/mol. The molecular formula is C25H24ClFN4O2. The summed E-state index contributed by atoms with van der Waals surface area (Å²) < 4.78 is 16.1. The lowest BCUT2D eigenvalue weighted by atomic mass is 9.99. The number of nitrogens with zero attached hydrogens (tertiary/aromatic N) is 3. The second kappa shape index (κ2) is 9.58. The molecule has 0 bridgehead atoms. The number of carbonyl (C=O) groups is 1. The van der Waals surface area contributed by atoms with Crippen LogP contribution in [0.2, 0.25) is 5.02 Å². The minimum atomic E-state index is -0.928. The highest BCUT2D eigenvalue weighted by Crippen LogP contribution is 2.29. The SMILES string of the molecule is CCCc1cc(-c2cc(NCCn3c(C)cc4c(F)ccc(Cl)c43)ncn2)ccc1C(=O)O. The fraction of sp³-hybridized carbons (Fsp3) is 0.240. The number of hydrogen-bond acceptors (Lipinski definition) is 4. The van der Waals surface area contributed by atoms with Crippen molar-refractivity contribution in [3.8, 4) is 11.3 Å². The van der Waals surface area contributed by atoms with Crippen LogP contribution < -0.4 is 5.32 Å². The molecule has 6 nitrogen and oxygen atoms in total. The van der Waals surface area contributed by atoms with E-state index in [9.17, 15) is 14.3 Å². The van der Waals surface area contributed by atoms with Crippen LogP contribution in [0.4, 0.5) is 10.2 Å². The van der Waals surface area contributed by atoms with Crippen molar-refractivity contribution in [3.05, 3.63) is 76.5 Å². The van der Waals surface area contributed by atoms with Gasteiger partial charge in [-0.05, 0) is 49.2 Å². The highest BCUT2D eigenvalue weighted by atomic mass is 35.5. The molecule has 2 heterocycles. The quantitative estimate of drug-likeness (QED) is 0.335. The van der Waals surface area contributed by atoms with Crippen LogP contribution in [-0.2, 0) is 13.0 Å². The molecule has 33 heavy (non-hydrogen) atoms. The Hall–Kier alpha value is -3.45. The zero-order valence-corrected chi connectivity index (χ0v) is 19.2. The van der Waals surface area contributed by atoms with Crippen LogP contribution >= 0.6 is 11.6 Å². The smallest absolute Gasteiger partial charge is 0.335 e. The van der Waals surface area contributed by atoms with Crippen molar-refractivity contribution in [1.82, 2.24) is 14.5 Å². The molecule has 0 saturated carbocycles. The first kappa shape index (κ1) is 22.7. The van der Waals surface area contributed by atoms with Gasteiger partial charge in [0.1, 0.15) is 18.0 Å². The molecule has 0 saturated heterocycles. The Morgan fingerprint density at radius 3 is 2.76 bits per heavy atom. The van der Waals surface area contributed by atoms with Gasteiger partial charge in [-0.3, -0.25) is 0 Å². The van der Waals surface area contributed by atoms with Crippen molar-refractivity contribution in [2.24, 2.45) is 0 Å². The van der Waals surface area contributed by atoms with Gasteiger partial charge in [0.05, 0.1) is 21.8 Å². The van der Waals surface area contributed by atoms with E-state index in [1.54, 1.807) is 24.3 Å². The molecule has 0 aliphatic rings. The predicted octanol–water partition coefficient (Wildman–Crippen LogP) is 5.96. The van der Waals surface area contributed by atoms with E-state index in [0.717, 1.165) is 23.2 Å². The van der Waals surface area contributed by atoms with Crippen molar-refractivity contribution in [2.45, 2.75) is 33.2 Å². The number of hydrogen-bond donors (Lipinski definition) is 2. The Kier molecular flexibility index (Phi) is 6.60. The molecule has 0 fully saturated rings. The lowest BCUT2D eigenvalue weighted by molar-refractivity contribution is 0.0695. The van der Waals surface area contributed by atoms with Crippen molar-refractivity contribution in [1.29, 1.82) is 0 Å². The number of nitrogens with one attached hydrogen (secondary N) is 1. The summed E-state index contributed by atoms with van der Waals surface area (Å²) >= 11 is 6.33. The Morgan fingerprint density at radius 1 is 1.18 bits per heavy atom. The second-order valence-electron chi connectivity index (χ2n) is 7.87. The van der Waals surface area contributed by atoms with E-state index in [2.05, 4.69) is 15.3 Å². The van der Waals surface area contributed by atoms with Gasteiger partial charge in [0.25, 0.3) is 0 Å². The number of aromatic nitrogens is 3. The van der Waals surface area contributed by atoms with Gasteiger partial charge >= 0.3 is 5.97 Å². The van der Waals surface area contributed by atoms with Gasteiger partial charge in [0.15, 0.2) is 0 Å². The molecule has 2 aromatic carbocycles. The molecule has 4 aromatic rings. The summed E-state index contributed by atoms with van der Waals surface area (Å²) in [6, 6.07) is 11.9. The third-order valence-corrected chi connectivity index (χ3v) is 5.93. The molecule has 0 unspecified atom stereocenters. The topological polar surface area (TPSA) is 80.0 Å². The van der Waals surface area contributed by atoms with Gasteiger partial charge in [-0.15, -0.1) is 0 Å². The van der Waals surface area contributed by atoms with Crippen LogP contribution in [0.3, 0.4) is 0 Å². The summed E-state index contributed by atoms with van der Waals surface area (Å²) in [7, 11) is 0. The van der Waals surface area contributed by atoms with Gasteiger partial charge in [0, 0.05) is 35.8 Å². The number of rotatable bonds is 8. The zero-order chi connectivity index (χ0) is 23.5. The Morgan fingerprint density at radius 2 is 2.00 bits per heavy atom. The molecule has 0 atom stereocenters. The van der Waals surface area contributed by atoms with Gasteiger partial charge in [-0.25, -0.2) is 19.2 Å². The van der Waals surface area contributed by atoms with Crippen molar-refractivity contribution in [3.63, 3.8) is 0 Å².